The first-order valence-electron chi connectivity index (χ1n) is 6.99. The van der Waals surface area contributed by atoms with Crippen molar-refractivity contribution in [2.24, 2.45) is 0 Å². The summed E-state index contributed by atoms with van der Waals surface area (Å²) >= 11 is 1.59. The predicted octanol–water partition coefficient (Wildman–Crippen LogP) is 2.52. The molecule has 0 aromatic heterocycles. The second-order valence-electron chi connectivity index (χ2n) is 5.12. The second-order valence-corrected chi connectivity index (χ2v) is 6.29. The lowest BCUT2D eigenvalue weighted by Crippen LogP contribution is -2.57. The van der Waals surface area contributed by atoms with Crippen LogP contribution in [0.4, 0.5) is 4.39 Å². The summed E-state index contributed by atoms with van der Waals surface area (Å²) in [6.45, 7) is 5.84. The van der Waals surface area contributed by atoms with Crippen LogP contribution in [-0.2, 0) is 4.79 Å². The second kappa shape index (κ2) is 7.09. The number of thioether (sulfide) groups is 1. The van der Waals surface area contributed by atoms with Crippen LogP contribution in [0.2, 0.25) is 0 Å². The van der Waals surface area contributed by atoms with Gasteiger partial charge in [-0.25, -0.2) is 4.39 Å². The molecule has 2 rings (SSSR count). The van der Waals surface area contributed by atoms with Crippen LogP contribution < -0.4 is 5.32 Å². The van der Waals surface area contributed by atoms with Crippen LogP contribution >= 0.6 is 11.8 Å². The molecule has 2 atom stereocenters. The number of carbonyl (C=O) groups excluding carboxylic acids is 1. The molecule has 0 aliphatic carbocycles. The van der Waals surface area contributed by atoms with E-state index in [-0.39, 0.29) is 17.8 Å². The van der Waals surface area contributed by atoms with Crippen molar-refractivity contribution in [2.45, 2.75) is 37.2 Å². The molecule has 1 aliphatic rings. The quantitative estimate of drug-likeness (QED) is 0.867. The van der Waals surface area contributed by atoms with Gasteiger partial charge in [-0.1, -0.05) is 0 Å². The normalized spacial score (nSPS) is 22.9. The van der Waals surface area contributed by atoms with Crippen molar-refractivity contribution in [1.82, 2.24) is 10.2 Å². The first-order valence-corrected chi connectivity index (χ1v) is 7.97. The largest absolute Gasteiger partial charge is 0.337 e. The van der Waals surface area contributed by atoms with Gasteiger partial charge in [-0.2, -0.15) is 0 Å². The number of rotatable bonds is 4. The Morgan fingerprint density at radius 3 is 2.80 bits per heavy atom. The van der Waals surface area contributed by atoms with Gasteiger partial charge in [-0.05, 0) is 38.1 Å². The van der Waals surface area contributed by atoms with Crippen LogP contribution in [0.3, 0.4) is 0 Å². The Bertz CT molecular complexity index is 452. The topological polar surface area (TPSA) is 32.3 Å². The summed E-state index contributed by atoms with van der Waals surface area (Å²) in [5.74, 6) is 0.713. The average molecular weight is 296 g/mol. The van der Waals surface area contributed by atoms with Gasteiger partial charge in [0.25, 0.3) is 0 Å². The molecule has 1 aromatic carbocycles. The van der Waals surface area contributed by atoms with Crippen LogP contribution in [0.25, 0.3) is 0 Å². The molecule has 1 N–H and O–H groups in total. The maximum absolute atomic E-state index is 12.8. The number of amides is 1. The lowest BCUT2D eigenvalue weighted by atomic mass is 10.1. The fourth-order valence-corrected chi connectivity index (χ4v) is 3.18. The van der Waals surface area contributed by atoms with Crippen molar-refractivity contribution in [3.8, 4) is 0 Å². The Labute approximate surface area is 123 Å². The standard InChI is InChI=1S/C15H21FN2OS/c1-11-12(2)18(9-8-17-11)15(19)7-10-20-14-5-3-13(16)4-6-14/h3-6,11-12,17H,7-10H2,1-2H3. The number of benzene rings is 1. The molecule has 1 heterocycles. The minimum absolute atomic E-state index is 0.209. The van der Waals surface area contributed by atoms with Crippen LogP contribution in [0.5, 0.6) is 0 Å². The summed E-state index contributed by atoms with van der Waals surface area (Å²) in [6.07, 6.45) is 0.527. The average Bonchev–Trinajstić information content (AvgIpc) is 2.44. The Morgan fingerprint density at radius 1 is 1.40 bits per heavy atom. The van der Waals surface area contributed by atoms with E-state index >= 15 is 0 Å². The lowest BCUT2D eigenvalue weighted by molar-refractivity contribution is -0.134. The van der Waals surface area contributed by atoms with Crippen LogP contribution in [0.15, 0.2) is 29.2 Å². The van der Waals surface area contributed by atoms with E-state index in [0.29, 0.717) is 12.5 Å². The monoisotopic (exact) mass is 296 g/mol. The van der Waals surface area contributed by atoms with Gasteiger partial charge in [-0.15, -0.1) is 11.8 Å². The molecule has 20 heavy (non-hydrogen) atoms. The third-order valence-corrected chi connectivity index (χ3v) is 4.77. The molecule has 1 amide bonds. The summed E-state index contributed by atoms with van der Waals surface area (Å²) in [4.78, 5) is 15.2. The summed E-state index contributed by atoms with van der Waals surface area (Å²) in [7, 11) is 0. The fourth-order valence-electron chi connectivity index (χ4n) is 2.34. The van der Waals surface area contributed by atoms with Crippen molar-refractivity contribution in [3.05, 3.63) is 30.1 Å². The zero-order valence-electron chi connectivity index (χ0n) is 11.9. The van der Waals surface area contributed by atoms with Gasteiger partial charge in [0.15, 0.2) is 0 Å². The van der Waals surface area contributed by atoms with Crippen LogP contribution in [0, 0.1) is 5.82 Å². The third kappa shape index (κ3) is 3.96. The highest BCUT2D eigenvalue weighted by atomic mass is 32.2. The van der Waals surface area contributed by atoms with Gasteiger partial charge in [0.1, 0.15) is 5.82 Å². The van der Waals surface area contributed by atoms with Gasteiger partial charge < -0.3 is 10.2 Å². The van der Waals surface area contributed by atoms with E-state index in [1.165, 1.54) is 12.1 Å². The number of hydrogen-bond donors (Lipinski definition) is 1. The third-order valence-electron chi connectivity index (χ3n) is 3.75. The van der Waals surface area contributed by atoms with E-state index < -0.39 is 0 Å². The summed E-state index contributed by atoms with van der Waals surface area (Å²) < 4.78 is 12.8. The molecule has 3 nitrogen and oxygen atoms in total. The zero-order chi connectivity index (χ0) is 14.5. The highest BCUT2D eigenvalue weighted by Crippen LogP contribution is 2.20. The fraction of sp³-hybridized carbons (Fsp3) is 0.533. The molecule has 0 saturated carbocycles. The van der Waals surface area contributed by atoms with E-state index in [2.05, 4.69) is 19.2 Å². The highest BCUT2D eigenvalue weighted by molar-refractivity contribution is 7.99. The smallest absolute Gasteiger partial charge is 0.223 e. The van der Waals surface area contributed by atoms with Crippen LogP contribution in [0.1, 0.15) is 20.3 Å². The van der Waals surface area contributed by atoms with Crippen molar-refractivity contribution in [2.75, 3.05) is 18.8 Å². The van der Waals surface area contributed by atoms with Gasteiger partial charge >= 0.3 is 0 Å². The molecule has 0 bridgehead atoms. The van der Waals surface area contributed by atoms with Gasteiger partial charge in [0.2, 0.25) is 5.91 Å². The molecule has 1 fully saturated rings. The zero-order valence-corrected chi connectivity index (χ0v) is 12.8. The minimum atomic E-state index is -0.228. The lowest BCUT2D eigenvalue weighted by Gasteiger charge is -2.38. The van der Waals surface area contributed by atoms with Crippen molar-refractivity contribution in [1.29, 1.82) is 0 Å². The molecule has 1 aromatic rings. The Morgan fingerprint density at radius 2 is 2.10 bits per heavy atom. The van der Waals surface area contributed by atoms with Crippen molar-refractivity contribution in [3.63, 3.8) is 0 Å². The maximum atomic E-state index is 12.8. The number of carbonyl (C=O) groups is 1. The first kappa shape index (κ1) is 15.3. The molecule has 5 heteroatoms. The Hall–Kier alpha value is -1.07. The highest BCUT2D eigenvalue weighted by Gasteiger charge is 2.27. The van der Waals surface area contributed by atoms with Crippen molar-refractivity contribution >= 4 is 17.7 Å². The molecule has 0 spiro atoms. The van der Waals surface area contributed by atoms with Gasteiger partial charge in [0.05, 0.1) is 0 Å². The number of nitrogens with zero attached hydrogens (tertiary/aromatic N) is 1. The maximum Gasteiger partial charge on any atom is 0.223 e. The molecule has 2 unspecified atom stereocenters. The number of nitrogens with one attached hydrogen (secondary N) is 1. The molecule has 0 radical (unpaired) electrons. The first-order chi connectivity index (χ1) is 9.58. The van der Waals surface area contributed by atoms with E-state index in [0.717, 1.165) is 23.7 Å². The molecular formula is C15H21FN2OS. The van der Waals surface area contributed by atoms with E-state index in [4.69, 9.17) is 0 Å². The molecule has 110 valence electrons. The van der Waals surface area contributed by atoms with Gasteiger partial charge in [0, 0.05) is 42.2 Å². The van der Waals surface area contributed by atoms with E-state index in [1.807, 2.05) is 4.90 Å². The molecule has 1 saturated heterocycles. The number of piperazine rings is 1. The van der Waals surface area contributed by atoms with E-state index in [9.17, 15) is 9.18 Å². The summed E-state index contributed by atoms with van der Waals surface area (Å²) in [5.41, 5.74) is 0. The summed E-state index contributed by atoms with van der Waals surface area (Å²) in [6, 6.07) is 6.98. The SMILES string of the molecule is CC1NCCN(C(=O)CCSc2ccc(F)cc2)C1C. The molecule has 1 aliphatic heterocycles. The Balaban J connectivity index is 1.78. The molecular weight excluding hydrogens is 275 g/mol. The van der Waals surface area contributed by atoms with E-state index in [1.54, 1.807) is 23.9 Å². The Kier molecular flexibility index (Phi) is 5.43. The van der Waals surface area contributed by atoms with Crippen molar-refractivity contribution < 1.29 is 9.18 Å². The minimum Gasteiger partial charge on any atom is -0.337 e. The number of halogens is 1. The predicted molar refractivity (Wildman–Crippen MR) is 80.4 cm³/mol. The summed E-state index contributed by atoms with van der Waals surface area (Å²) in [5, 5.41) is 3.37. The van der Waals surface area contributed by atoms with Gasteiger partial charge in [-0.3, -0.25) is 4.79 Å². The number of hydrogen-bond acceptors (Lipinski definition) is 3. The van der Waals surface area contributed by atoms with Crippen LogP contribution in [-0.4, -0.2) is 41.7 Å².